The summed E-state index contributed by atoms with van der Waals surface area (Å²) in [4.78, 5) is 0.193. The molecule has 0 aliphatic carbocycles. The van der Waals surface area contributed by atoms with Crippen LogP contribution in [0, 0.1) is 0 Å². The lowest BCUT2D eigenvalue weighted by atomic mass is 10.3. The molecule has 1 aromatic carbocycles. The summed E-state index contributed by atoms with van der Waals surface area (Å²) in [5.41, 5.74) is 0. The van der Waals surface area contributed by atoms with E-state index in [4.69, 9.17) is 4.74 Å². The molecule has 0 aromatic heterocycles. The maximum Gasteiger partial charge on any atom is 0.178 e. The smallest absolute Gasteiger partial charge is 0.178 e. The molecule has 0 radical (unpaired) electrons. The van der Waals surface area contributed by atoms with Crippen molar-refractivity contribution in [1.29, 1.82) is 0 Å². The van der Waals surface area contributed by atoms with E-state index in [9.17, 15) is 16.8 Å². The summed E-state index contributed by atoms with van der Waals surface area (Å²) in [7, 11) is -6.58. The highest BCUT2D eigenvalue weighted by atomic mass is 32.2. The molecule has 0 N–H and O–H groups in total. The average Bonchev–Trinajstić information content (AvgIpc) is 2.38. The minimum atomic E-state index is -3.44. The van der Waals surface area contributed by atoms with Gasteiger partial charge in [-0.1, -0.05) is 13.3 Å². The maximum absolute atomic E-state index is 12.1. The summed E-state index contributed by atoms with van der Waals surface area (Å²) in [5, 5.41) is 0. The SMILES string of the molecule is CCCCOc1ccc(S(=O)(=O)CCCS(C)(=O)=O)cc1. The van der Waals surface area contributed by atoms with Crippen molar-refractivity contribution < 1.29 is 21.6 Å². The second-order valence-corrected chi connectivity index (χ2v) is 9.34. The Morgan fingerprint density at radius 1 is 0.952 bits per heavy atom. The van der Waals surface area contributed by atoms with Crippen molar-refractivity contribution >= 4 is 19.7 Å². The van der Waals surface area contributed by atoms with Crippen molar-refractivity contribution in [2.24, 2.45) is 0 Å². The first kappa shape index (κ1) is 18.0. The normalized spacial score (nSPS) is 12.3. The molecular weight excluding hydrogens is 312 g/mol. The van der Waals surface area contributed by atoms with Crippen LogP contribution < -0.4 is 4.74 Å². The van der Waals surface area contributed by atoms with Gasteiger partial charge in [-0.3, -0.25) is 0 Å². The van der Waals surface area contributed by atoms with Gasteiger partial charge in [0, 0.05) is 6.26 Å². The Balaban J connectivity index is 2.62. The number of benzene rings is 1. The van der Waals surface area contributed by atoms with Crippen LogP contribution in [0.4, 0.5) is 0 Å². The summed E-state index contributed by atoms with van der Waals surface area (Å²) in [6.07, 6.45) is 3.19. The third-order valence-electron chi connectivity index (χ3n) is 2.88. The maximum atomic E-state index is 12.1. The third-order valence-corrected chi connectivity index (χ3v) is 5.72. The largest absolute Gasteiger partial charge is 0.494 e. The van der Waals surface area contributed by atoms with E-state index in [2.05, 4.69) is 6.92 Å². The molecule has 0 amide bonds. The van der Waals surface area contributed by atoms with E-state index in [1.165, 1.54) is 12.1 Å². The molecule has 0 atom stereocenters. The van der Waals surface area contributed by atoms with Crippen molar-refractivity contribution in [3.8, 4) is 5.75 Å². The molecule has 120 valence electrons. The van der Waals surface area contributed by atoms with Gasteiger partial charge in [0.25, 0.3) is 0 Å². The molecule has 0 aliphatic heterocycles. The van der Waals surface area contributed by atoms with Crippen molar-refractivity contribution in [2.75, 3.05) is 24.4 Å². The summed E-state index contributed by atoms with van der Waals surface area (Å²) < 4.78 is 51.6. The van der Waals surface area contributed by atoms with Crippen molar-refractivity contribution in [3.05, 3.63) is 24.3 Å². The minimum Gasteiger partial charge on any atom is -0.494 e. The predicted molar refractivity (Wildman–Crippen MR) is 83.2 cm³/mol. The van der Waals surface area contributed by atoms with E-state index in [1.807, 2.05) is 0 Å². The summed E-state index contributed by atoms with van der Waals surface area (Å²) in [6.45, 7) is 2.67. The summed E-state index contributed by atoms with van der Waals surface area (Å²) in [5.74, 6) is 0.346. The topological polar surface area (TPSA) is 77.5 Å². The summed E-state index contributed by atoms with van der Waals surface area (Å²) in [6, 6.07) is 6.24. The average molecular weight is 334 g/mol. The fraction of sp³-hybridized carbons (Fsp3) is 0.571. The van der Waals surface area contributed by atoms with Gasteiger partial charge < -0.3 is 4.74 Å². The van der Waals surface area contributed by atoms with E-state index in [0.717, 1.165) is 19.1 Å². The van der Waals surface area contributed by atoms with Crippen LogP contribution in [0.5, 0.6) is 5.75 Å². The Morgan fingerprint density at radius 2 is 1.57 bits per heavy atom. The molecule has 5 nitrogen and oxygen atoms in total. The molecule has 0 saturated heterocycles. The van der Waals surface area contributed by atoms with Crippen LogP contribution in [-0.2, 0) is 19.7 Å². The van der Waals surface area contributed by atoms with E-state index in [1.54, 1.807) is 12.1 Å². The Hall–Kier alpha value is -1.08. The molecular formula is C14H22O5S2. The Kier molecular flexibility index (Phi) is 6.67. The molecule has 0 saturated carbocycles. The van der Waals surface area contributed by atoms with Crippen molar-refractivity contribution in [2.45, 2.75) is 31.1 Å². The van der Waals surface area contributed by atoms with Crippen molar-refractivity contribution in [1.82, 2.24) is 0 Å². The van der Waals surface area contributed by atoms with E-state index in [-0.39, 0.29) is 22.8 Å². The molecule has 0 bridgehead atoms. The van der Waals surface area contributed by atoms with Gasteiger partial charge in [0.15, 0.2) is 9.84 Å². The van der Waals surface area contributed by atoms with Crippen molar-refractivity contribution in [3.63, 3.8) is 0 Å². The second kappa shape index (κ2) is 7.79. The van der Waals surface area contributed by atoms with Crippen LogP contribution in [-0.4, -0.2) is 41.2 Å². The van der Waals surface area contributed by atoms with Gasteiger partial charge in [0.05, 0.1) is 23.0 Å². The zero-order valence-corrected chi connectivity index (χ0v) is 14.0. The first-order chi connectivity index (χ1) is 9.74. The number of unbranched alkanes of at least 4 members (excludes halogenated alkanes) is 1. The minimum absolute atomic E-state index is 0.107. The molecule has 1 rings (SSSR count). The Labute approximate surface area is 127 Å². The standard InChI is InChI=1S/C14H22O5S2/c1-3-4-10-19-13-6-8-14(9-7-13)21(17,18)12-5-11-20(2,15)16/h6-9H,3-5,10-12H2,1-2H3. The zero-order valence-electron chi connectivity index (χ0n) is 12.4. The molecule has 0 heterocycles. The van der Waals surface area contributed by atoms with Gasteiger partial charge in [0.2, 0.25) is 0 Å². The predicted octanol–water partition coefficient (Wildman–Crippen LogP) is 2.07. The summed E-state index contributed by atoms with van der Waals surface area (Å²) >= 11 is 0. The van der Waals surface area contributed by atoms with E-state index >= 15 is 0 Å². The highest BCUT2D eigenvalue weighted by Gasteiger charge is 2.15. The number of hydrogen-bond acceptors (Lipinski definition) is 5. The van der Waals surface area contributed by atoms with E-state index < -0.39 is 19.7 Å². The van der Waals surface area contributed by atoms with Gasteiger partial charge in [-0.05, 0) is 37.1 Å². The molecule has 21 heavy (non-hydrogen) atoms. The monoisotopic (exact) mass is 334 g/mol. The molecule has 1 aromatic rings. The third kappa shape index (κ3) is 6.95. The first-order valence-electron chi connectivity index (χ1n) is 6.88. The Bertz CT molecular complexity index is 630. The second-order valence-electron chi connectivity index (χ2n) is 4.98. The van der Waals surface area contributed by atoms with Gasteiger partial charge in [0.1, 0.15) is 15.6 Å². The van der Waals surface area contributed by atoms with Crippen LogP contribution in [0.15, 0.2) is 29.2 Å². The van der Waals surface area contributed by atoms with Gasteiger partial charge in [-0.15, -0.1) is 0 Å². The quantitative estimate of drug-likeness (QED) is 0.646. The lowest BCUT2D eigenvalue weighted by molar-refractivity contribution is 0.309. The molecule has 7 heteroatoms. The highest BCUT2D eigenvalue weighted by molar-refractivity contribution is 7.92. The number of ether oxygens (including phenoxy) is 1. The van der Waals surface area contributed by atoms with Crippen LogP contribution in [0.3, 0.4) is 0 Å². The number of hydrogen-bond donors (Lipinski definition) is 0. The fourth-order valence-corrected chi connectivity index (χ4v) is 3.87. The molecule has 0 unspecified atom stereocenters. The highest BCUT2D eigenvalue weighted by Crippen LogP contribution is 2.18. The molecule has 0 aliphatic rings. The van der Waals surface area contributed by atoms with Crippen LogP contribution >= 0.6 is 0 Å². The first-order valence-corrected chi connectivity index (χ1v) is 10.6. The van der Waals surface area contributed by atoms with Gasteiger partial charge in [-0.25, -0.2) is 16.8 Å². The van der Waals surface area contributed by atoms with Crippen LogP contribution in [0.1, 0.15) is 26.2 Å². The zero-order chi connectivity index (χ0) is 15.9. The van der Waals surface area contributed by atoms with Crippen LogP contribution in [0.2, 0.25) is 0 Å². The van der Waals surface area contributed by atoms with Gasteiger partial charge >= 0.3 is 0 Å². The van der Waals surface area contributed by atoms with Gasteiger partial charge in [-0.2, -0.15) is 0 Å². The number of sulfone groups is 2. The molecule has 0 spiro atoms. The fourth-order valence-electron chi connectivity index (χ4n) is 1.71. The Morgan fingerprint density at radius 3 is 2.10 bits per heavy atom. The number of rotatable bonds is 9. The van der Waals surface area contributed by atoms with E-state index in [0.29, 0.717) is 12.4 Å². The lowest BCUT2D eigenvalue weighted by Gasteiger charge is -2.07. The lowest BCUT2D eigenvalue weighted by Crippen LogP contribution is -2.12. The molecule has 0 fully saturated rings. The van der Waals surface area contributed by atoms with Crippen LogP contribution in [0.25, 0.3) is 0 Å².